The number of unbranched alkanes of at least 4 members (excludes halogenated alkanes) is 1. The molecule has 0 aliphatic carbocycles. The van der Waals surface area contributed by atoms with E-state index in [4.69, 9.17) is 0 Å². The van der Waals surface area contributed by atoms with Crippen molar-refractivity contribution in [2.75, 3.05) is 13.2 Å². The average molecular weight is 270 g/mol. The first-order valence-electron chi connectivity index (χ1n) is 6.45. The maximum absolute atomic E-state index is 10.2. The van der Waals surface area contributed by atoms with E-state index in [1.807, 2.05) is 32.1 Å². The molecule has 0 aromatic carbocycles. The summed E-state index contributed by atoms with van der Waals surface area (Å²) in [5, 5.41) is 0. The molecule has 0 unspecified atom stereocenters. The van der Waals surface area contributed by atoms with Gasteiger partial charge >= 0.3 is 11.9 Å². The predicted molar refractivity (Wildman–Crippen MR) is 76.7 cm³/mol. The summed E-state index contributed by atoms with van der Waals surface area (Å²) in [7, 11) is 0. The third kappa shape index (κ3) is 26.2. The van der Waals surface area contributed by atoms with Gasteiger partial charge in [0.25, 0.3) is 0 Å². The highest BCUT2D eigenvalue weighted by Crippen LogP contribution is 1.88. The first-order valence-corrected chi connectivity index (χ1v) is 6.45. The van der Waals surface area contributed by atoms with Crippen molar-refractivity contribution in [3.8, 4) is 0 Å². The van der Waals surface area contributed by atoms with Crippen molar-refractivity contribution >= 4 is 11.9 Å². The van der Waals surface area contributed by atoms with Crippen molar-refractivity contribution in [3.05, 3.63) is 23.8 Å². The molecular formula is C15H26O4. The molecule has 19 heavy (non-hydrogen) atoms. The molecular weight excluding hydrogens is 244 g/mol. The molecule has 0 N–H and O–H groups in total. The number of carbonyl (C=O) groups is 2. The Morgan fingerprint density at radius 2 is 1.42 bits per heavy atom. The Morgan fingerprint density at radius 3 is 1.84 bits per heavy atom. The smallest absolute Gasteiger partial charge is 0.302 e. The molecule has 0 spiro atoms. The highest BCUT2D eigenvalue weighted by atomic mass is 16.5. The van der Waals surface area contributed by atoms with Gasteiger partial charge in [-0.1, -0.05) is 31.1 Å². The molecule has 0 aromatic rings. The topological polar surface area (TPSA) is 52.6 Å². The molecule has 0 aromatic heterocycles. The van der Waals surface area contributed by atoms with Crippen LogP contribution in [0.5, 0.6) is 0 Å². The lowest BCUT2D eigenvalue weighted by molar-refractivity contribution is -0.140. The summed E-state index contributed by atoms with van der Waals surface area (Å²) in [4.78, 5) is 20.4. The van der Waals surface area contributed by atoms with Crippen molar-refractivity contribution < 1.29 is 19.1 Å². The van der Waals surface area contributed by atoms with Crippen LogP contribution < -0.4 is 0 Å². The van der Waals surface area contributed by atoms with Crippen LogP contribution in [0.3, 0.4) is 0 Å². The van der Waals surface area contributed by atoms with E-state index in [-0.39, 0.29) is 11.9 Å². The number of carbonyl (C=O) groups excluding carboxylic acids is 2. The minimum atomic E-state index is -0.229. The summed E-state index contributed by atoms with van der Waals surface area (Å²) in [5.41, 5.74) is 1.16. The van der Waals surface area contributed by atoms with Gasteiger partial charge in [0.1, 0.15) is 13.2 Å². The number of ether oxygens (including phenoxy) is 2. The molecule has 0 saturated carbocycles. The van der Waals surface area contributed by atoms with Gasteiger partial charge in [-0.3, -0.25) is 9.59 Å². The van der Waals surface area contributed by atoms with Gasteiger partial charge in [0, 0.05) is 13.8 Å². The molecule has 0 radical (unpaired) electrons. The normalized spacial score (nSPS) is 9.32. The Balaban J connectivity index is 0. The third-order valence-electron chi connectivity index (χ3n) is 1.78. The number of rotatable bonds is 6. The fourth-order valence-electron chi connectivity index (χ4n) is 0.844. The lowest BCUT2D eigenvalue weighted by atomic mass is 10.3. The fourth-order valence-corrected chi connectivity index (χ4v) is 0.844. The van der Waals surface area contributed by atoms with Crippen LogP contribution >= 0.6 is 0 Å². The highest BCUT2D eigenvalue weighted by molar-refractivity contribution is 5.66. The van der Waals surface area contributed by atoms with Gasteiger partial charge in [-0.2, -0.15) is 0 Å². The Kier molecular flexibility index (Phi) is 15.1. The molecule has 4 heteroatoms. The average Bonchev–Trinajstić information content (AvgIpc) is 2.28. The van der Waals surface area contributed by atoms with E-state index in [0.29, 0.717) is 13.2 Å². The maximum atomic E-state index is 10.2. The van der Waals surface area contributed by atoms with Crippen LogP contribution in [0, 0.1) is 0 Å². The zero-order valence-corrected chi connectivity index (χ0v) is 12.7. The Bertz CT molecular complexity index is 299. The van der Waals surface area contributed by atoms with Crippen LogP contribution in [0.2, 0.25) is 0 Å². The monoisotopic (exact) mass is 270 g/mol. The van der Waals surface area contributed by atoms with Crippen LogP contribution in [0.1, 0.15) is 47.5 Å². The minimum absolute atomic E-state index is 0.221. The van der Waals surface area contributed by atoms with E-state index in [0.717, 1.165) is 18.4 Å². The summed E-state index contributed by atoms with van der Waals surface area (Å²) in [6, 6.07) is 0. The molecule has 0 bridgehead atoms. The summed E-state index contributed by atoms with van der Waals surface area (Å²) in [6.45, 7) is 9.66. The van der Waals surface area contributed by atoms with E-state index < -0.39 is 0 Å². The SMILES string of the molecule is CC(=O)OCC=C(C)C.CCC/C=C/COC(C)=O. The van der Waals surface area contributed by atoms with Gasteiger partial charge in [0.05, 0.1) is 0 Å². The summed E-state index contributed by atoms with van der Waals surface area (Å²) >= 11 is 0. The summed E-state index contributed by atoms with van der Waals surface area (Å²) in [5.74, 6) is -0.450. The summed E-state index contributed by atoms with van der Waals surface area (Å²) in [6.07, 6.45) is 7.94. The zero-order valence-electron chi connectivity index (χ0n) is 12.7. The Morgan fingerprint density at radius 1 is 0.895 bits per heavy atom. The molecule has 0 fully saturated rings. The van der Waals surface area contributed by atoms with Gasteiger partial charge < -0.3 is 9.47 Å². The van der Waals surface area contributed by atoms with E-state index in [9.17, 15) is 9.59 Å². The molecule has 0 amide bonds. The van der Waals surface area contributed by atoms with Crippen molar-refractivity contribution in [1.82, 2.24) is 0 Å². The van der Waals surface area contributed by atoms with Gasteiger partial charge in [0.2, 0.25) is 0 Å². The number of allylic oxidation sites excluding steroid dienone is 2. The number of hydrogen-bond acceptors (Lipinski definition) is 4. The lowest BCUT2D eigenvalue weighted by Crippen LogP contribution is -1.97. The summed E-state index contributed by atoms with van der Waals surface area (Å²) < 4.78 is 9.30. The molecule has 0 aliphatic heterocycles. The predicted octanol–water partition coefficient (Wildman–Crippen LogP) is 3.42. The minimum Gasteiger partial charge on any atom is -0.462 e. The molecule has 0 saturated heterocycles. The second-order valence-electron chi connectivity index (χ2n) is 4.15. The first-order chi connectivity index (χ1) is 8.90. The molecule has 0 heterocycles. The van der Waals surface area contributed by atoms with Crippen molar-refractivity contribution in [2.24, 2.45) is 0 Å². The molecule has 4 nitrogen and oxygen atoms in total. The fraction of sp³-hybridized carbons (Fsp3) is 0.600. The number of esters is 2. The molecule has 0 rings (SSSR count). The van der Waals surface area contributed by atoms with Crippen LogP contribution in [0.15, 0.2) is 23.8 Å². The van der Waals surface area contributed by atoms with Crippen molar-refractivity contribution in [3.63, 3.8) is 0 Å². The Labute approximate surface area is 116 Å². The van der Waals surface area contributed by atoms with Crippen molar-refractivity contribution in [1.29, 1.82) is 0 Å². The van der Waals surface area contributed by atoms with Crippen LogP contribution in [0.4, 0.5) is 0 Å². The second-order valence-corrected chi connectivity index (χ2v) is 4.15. The van der Waals surface area contributed by atoms with Crippen LogP contribution in [-0.2, 0) is 19.1 Å². The lowest BCUT2D eigenvalue weighted by Gasteiger charge is -1.94. The van der Waals surface area contributed by atoms with Gasteiger partial charge in [-0.05, 0) is 26.3 Å². The largest absolute Gasteiger partial charge is 0.462 e. The zero-order chi connectivity index (χ0) is 15.1. The molecule has 0 atom stereocenters. The quantitative estimate of drug-likeness (QED) is 0.548. The van der Waals surface area contributed by atoms with E-state index in [2.05, 4.69) is 16.4 Å². The molecule has 0 aliphatic rings. The van der Waals surface area contributed by atoms with Crippen molar-refractivity contribution in [2.45, 2.75) is 47.5 Å². The van der Waals surface area contributed by atoms with Crippen LogP contribution in [0.25, 0.3) is 0 Å². The maximum Gasteiger partial charge on any atom is 0.302 e. The third-order valence-corrected chi connectivity index (χ3v) is 1.78. The van der Waals surface area contributed by atoms with E-state index >= 15 is 0 Å². The standard InChI is InChI=1S/C8H14O2.C7H12O2/c1-3-4-5-6-7-10-8(2)9;1-6(2)4-5-9-7(3)8/h5-6H,3-4,7H2,1-2H3;4H,5H2,1-3H3/b6-5+;. The molecule has 110 valence electrons. The second kappa shape index (κ2) is 14.5. The number of hydrogen-bond donors (Lipinski definition) is 0. The van der Waals surface area contributed by atoms with Gasteiger partial charge in [-0.25, -0.2) is 0 Å². The van der Waals surface area contributed by atoms with E-state index in [1.165, 1.54) is 13.8 Å². The van der Waals surface area contributed by atoms with Crippen LogP contribution in [-0.4, -0.2) is 25.2 Å². The van der Waals surface area contributed by atoms with Gasteiger partial charge in [0.15, 0.2) is 0 Å². The Hall–Kier alpha value is -1.58. The van der Waals surface area contributed by atoms with Gasteiger partial charge in [-0.15, -0.1) is 0 Å². The highest BCUT2D eigenvalue weighted by Gasteiger charge is 1.86. The first kappa shape index (κ1) is 19.8. The van der Waals surface area contributed by atoms with E-state index in [1.54, 1.807) is 0 Å².